The molecule has 10 heteroatoms. The van der Waals surface area contributed by atoms with Crippen molar-refractivity contribution in [2.24, 2.45) is 0 Å². The molecule has 8 nitrogen and oxygen atoms in total. The molecule has 0 bridgehead atoms. The van der Waals surface area contributed by atoms with Crippen molar-refractivity contribution in [2.45, 2.75) is 0 Å². The predicted octanol–water partition coefficient (Wildman–Crippen LogP) is 16.2. The highest BCUT2D eigenvalue weighted by Crippen LogP contribution is 2.42. The molecule has 3 aromatic heterocycles. The molecule has 0 N–H and O–H groups in total. The lowest BCUT2D eigenvalue weighted by Gasteiger charge is -2.26. The average molecular weight is 938 g/mol. The summed E-state index contributed by atoms with van der Waals surface area (Å²) >= 11 is 3.20. The molecule has 332 valence electrons. The van der Waals surface area contributed by atoms with Crippen LogP contribution in [0.2, 0.25) is 0 Å². The smallest absolute Gasteiger partial charge is 0.248 e. The van der Waals surface area contributed by atoms with Crippen LogP contribution in [-0.2, 0) is 0 Å². The number of rotatable bonds is 12. The second-order valence-corrected chi connectivity index (χ2v) is 18.4. The molecular weight excluding hydrogens is 899 g/mol. The first kappa shape index (κ1) is 42.4. The van der Waals surface area contributed by atoms with Crippen molar-refractivity contribution in [1.82, 2.24) is 30.6 Å². The third-order valence-electron chi connectivity index (χ3n) is 12.1. The van der Waals surface area contributed by atoms with E-state index in [0.29, 0.717) is 11.8 Å². The van der Waals surface area contributed by atoms with Gasteiger partial charge in [-0.05, 0) is 88.0 Å². The first-order valence-electron chi connectivity index (χ1n) is 22.8. The van der Waals surface area contributed by atoms with Gasteiger partial charge in [-0.25, -0.2) is 0 Å². The molecule has 0 aliphatic heterocycles. The van der Waals surface area contributed by atoms with E-state index >= 15 is 0 Å². The van der Waals surface area contributed by atoms with Crippen LogP contribution in [0.15, 0.2) is 241 Å². The maximum Gasteiger partial charge on any atom is 0.248 e. The van der Waals surface area contributed by atoms with E-state index in [1.807, 2.05) is 84.9 Å². The van der Waals surface area contributed by atoms with Gasteiger partial charge in [0.2, 0.25) is 11.8 Å². The van der Waals surface area contributed by atoms with E-state index < -0.39 is 0 Å². The van der Waals surface area contributed by atoms with Gasteiger partial charge in [-0.2, -0.15) is 0 Å². The zero-order valence-electron chi connectivity index (χ0n) is 37.4. The Morgan fingerprint density at radius 1 is 0.243 bits per heavy atom. The summed E-state index contributed by atoms with van der Waals surface area (Å²) in [6.45, 7) is 0. The minimum absolute atomic E-state index is 0.467. The highest BCUT2D eigenvalue weighted by Gasteiger charge is 2.20. The van der Waals surface area contributed by atoms with Crippen LogP contribution in [0, 0.1) is 0 Å². The Hall–Kier alpha value is -8.96. The second-order valence-electron chi connectivity index (χ2n) is 16.4. The summed E-state index contributed by atoms with van der Waals surface area (Å²) in [5.74, 6) is 0.948. The number of benzene rings is 9. The van der Waals surface area contributed by atoms with E-state index in [-0.39, 0.29) is 0 Å². The molecule has 0 atom stereocenters. The van der Waals surface area contributed by atoms with E-state index in [9.17, 15) is 0 Å². The van der Waals surface area contributed by atoms with Crippen molar-refractivity contribution in [3.05, 3.63) is 237 Å². The van der Waals surface area contributed by atoms with Crippen molar-refractivity contribution in [1.29, 1.82) is 0 Å². The Kier molecular flexibility index (Phi) is 11.5. The van der Waals surface area contributed by atoms with Gasteiger partial charge in [0, 0.05) is 50.4 Å². The summed E-state index contributed by atoms with van der Waals surface area (Å²) in [5.41, 5.74) is 15.3. The average Bonchev–Trinajstić information content (AvgIpc) is 4.26. The van der Waals surface area contributed by atoms with Gasteiger partial charge in [-0.15, -0.1) is 30.6 Å². The van der Waals surface area contributed by atoms with E-state index in [4.69, 9.17) is 4.42 Å². The molecule has 0 unspecified atom stereocenters. The second kappa shape index (κ2) is 19.0. The SMILES string of the molecule is c1ccc(-c2nnc(-c3ccccc3-c3ccc(N(c4ccc(-c5ccccc5-c5nnc(-c6ccccc6)s5)cc4)c4ccc(-c5ccccc5-c5nnc(-c6ccccc6)s5)cc4)cc3)o2)cc1. The summed E-state index contributed by atoms with van der Waals surface area (Å²) in [6, 6.07) is 81.4. The predicted molar refractivity (Wildman–Crippen MR) is 285 cm³/mol. The Morgan fingerprint density at radius 3 is 0.971 bits per heavy atom. The van der Waals surface area contributed by atoms with Crippen LogP contribution >= 0.6 is 22.7 Å². The maximum absolute atomic E-state index is 6.24. The molecule has 0 aliphatic carbocycles. The lowest BCUT2D eigenvalue weighted by Crippen LogP contribution is -2.09. The van der Waals surface area contributed by atoms with E-state index in [0.717, 1.165) is 104 Å². The van der Waals surface area contributed by atoms with Crippen molar-refractivity contribution >= 4 is 39.7 Å². The number of anilines is 3. The minimum Gasteiger partial charge on any atom is -0.416 e. The molecule has 0 saturated carbocycles. The quantitative estimate of drug-likeness (QED) is 0.120. The first-order chi connectivity index (χ1) is 34.7. The van der Waals surface area contributed by atoms with Gasteiger partial charge in [0.25, 0.3) is 0 Å². The van der Waals surface area contributed by atoms with Crippen LogP contribution in [-0.4, -0.2) is 30.6 Å². The molecule has 0 amide bonds. The molecule has 0 radical (unpaired) electrons. The monoisotopic (exact) mass is 937 g/mol. The summed E-state index contributed by atoms with van der Waals surface area (Å²) in [5, 5.41) is 30.8. The standard InChI is InChI=1S/C60H39N7OS2/c1-4-16-43(17-5-1)55-61-62-56(68-55)52-25-13-10-22-49(52)40-28-34-46(35-29-40)67(47-36-30-41(31-37-47)50-23-11-14-26-53(50)59-65-63-57(69-59)44-18-6-2-7-19-44)48-38-32-42(33-39-48)51-24-12-15-27-54(51)60-66-64-58(70-60)45-20-8-3-9-21-45/h1-39H. The van der Waals surface area contributed by atoms with E-state index in [1.165, 1.54) is 0 Å². The van der Waals surface area contributed by atoms with Gasteiger partial charge in [0.05, 0.1) is 0 Å². The Bertz CT molecular complexity index is 3310. The number of hydrogen-bond acceptors (Lipinski definition) is 10. The summed E-state index contributed by atoms with van der Waals surface area (Å²) in [6.07, 6.45) is 0. The highest BCUT2D eigenvalue weighted by molar-refractivity contribution is 7.18. The lowest BCUT2D eigenvalue weighted by molar-refractivity contribution is 0.585. The fourth-order valence-corrected chi connectivity index (χ4v) is 10.4. The zero-order chi connectivity index (χ0) is 46.6. The maximum atomic E-state index is 6.24. The number of hydrogen-bond donors (Lipinski definition) is 0. The van der Waals surface area contributed by atoms with E-state index in [1.54, 1.807) is 22.7 Å². The number of nitrogens with zero attached hydrogens (tertiary/aromatic N) is 7. The van der Waals surface area contributed by atoms with Crippen molar-refractivity contribution in [3.8, 4) is 98.6 Å². The van der Waals surface area contributed by atoms with Crippen LogP contribution in [0.1, 0.15) is 0 Å². The normalized spacial score (nSPS) is 11.1. The van der Waals surface area contributed by atoms with Crippen LogP contribution in [0.4, 0.5) is 17.1 Å². The van der Waals surface area contributed by atoms with Gasteiger partial charge in [-0.1, -0.05) is 205 Å². The molecule has 9 aromatic carbocycles. The molecule has 0 aliphatic rings. The molecule has 0 saturated heterocycles. The molecule has 3 heterocycles. The van der Waals surface area contributed by atoms with Crippen molar-refractivity contribution in [3.63, 3.8) is 0 Å². The van der Waals surface area contributed by atoms with Crippen LogP contribution in [0.5, 0.6) is 0 Å². The third-order valence-corrected chi connectivity index (χ3v) is 14.1. The Labute approximate surface area is 412 Å². The first-order valence-corrected chi connectivity index (χ1v) is 24.4. The third kappa shape index (κ3) is 8.49. The van der Waals surface area contributed by atoms with Gasteiger partial charge in [0.1, 0.15) is 20.0 Å². The van der Waals surface area contributed by atoms with Crippen LogP contribution < -0.4 is 4.90 Å². The van der Waals surface area contributed by atoms with Gasteiger partial charge >= 0.3 is 0 Å². The molecule has 0 fully saturated rings. The van der Waals surface area contributed by atoms with Crippen LogP contribution in [0.3, 0.4) is 0 Å². The molecule has 0 spiro atoms. The molecule has 12 rings (SSSR count). The van der Waals surface area contributed by atoms with Gasteiger partial charge in [-0.3, -0.25) is 0 Å². The largest absolute Gasteiger partial charge is 0.416 e. The minimum atomic E-state index is 0.467. The van der Waals surface area contributed by atoms with Crippen molar-refractivity contribution in [2.75, 3.05) is 4.90 Å². The van der Waals surface area contributed by atoms with Gasteiger partial charge in [0.15, 0.2) is 0 Å². The summed E-state index contributed by atoms with van der Waals surface area (Å²) < 4.78 is 6.24. The zero-order valence-corrected chi connectivity index (χ0v) is 39.0. The molecule has 70 heavy (non-hydrogen) atoms. The van der Waals surface area contributed by atoms with Crippen molar-refractivity contribution < 1.29 is 4.42 Å². The molecular formula is C60H39N7OS2. The summed E-state index contributed by atoms with van der Waals surface area (Å²) in [7, 11) is 0. The van der Waals surface area contributed by atoms with E-state index in [2.05, 4.69) is 187 Å². The topological polar surface area (TPSA) is 93.7 Å². The van der Waals surface area contributed by atoms with Crippen LogP contribution in [0.25, 0.3) is 98.6 Å². The Morgan fingerprint density at radius 2 is 0.557 bits per heavy atom. The molecule has 12 aromatic rings. The summed E-state index contributed by atoms with van der Waals surface area (Å²) in [4.78, 5) is 2.29. The fourth-order valence-electron chi connectivity index (χ4n) is 8.67. The highest BCUT2D eigenvalue weighted by atomic mass is 32.1. The number of aromatic nitrogens is 6. The Balaban J connectivity index is 0.898. The lowest BCUT2D eigenvalue weighted by atomic mass is 9.98. The fraction of sp³-hybridized carbons (Fsp3) is 0. The van der Waals surface area contributed by atoms with Gasteiger partial charge < -0.3 is 9.32 Å².